The molecule has 0 saturated heterocycles. The molecule has 0 spiro atoms. The molecule has 5 nitrogen and oxygen atoms in total. The molecule has 0 radical (unpaired) electrons. The van der Waals surface area contributed by atoms with Crippen LogP contribution in [0.15, 0.2) is 42.7 Å². The van der Waals surface area contributed by atoms with Gasteiger partial charge in [0.25, 0.3) is 5.91 Å². The zero-order valence-corrected chi connectivity index (χ0v) is 11.4. The molecule has 21 heavy (non-hydrogen) atoms. The van der Waals surface area contributed by atoms with Gasteiger partial charge in [-0.2, -0.15) is 0 Å². The fourth-order valence-corrected chi connectivity index (χ4v) is 1.79. The van der Waals surface area contributed by atoms with E-state index in [1.807, 2.05) is 0 Å². The normalized spacial score (nSPS) is 11.8. The second-order valence-corrected chi connectivity index (χ2v) is 4.35. The van der Waals surface area contributed by atoms with Gasteiger partial charge in [-0.25, -0.2) is 4.39 Å². The van der Waals surface area contributed by atoms with E-state index in [1.165, 1.54) is 12.3 Å². The number of nitrogens with one attached hydrogen (secondary N) is 1. The average molecular weight is 290 g/mol. The van der Waals surface area contributed by atoms with Crippen molar-refractivity contribution in [2.45, 2.75) is 6.10 Å². The lowest BCUT2D eigenvalue weighted by molar-refractivity contribution is 0.0912. The number of carbonyl (C=O) groups is 1. The number of aromatic nitrogens is 1. The molecule has 2 N–H and O–H groups in total. The molecule has 0 aliphatic heterocycles. The van der Waals surface area contributed by atoms with Crippen LogP contribution in [-0.4, -0.2) is 29.7 Å². The fourth-order valence-electron chi connectivity index (χ4n) is 1.79. The van der Waals surface area contributed by atoms with Gasteiger partial charge in [0.15, 0.2) is 5.82 Å². The van der Waals surface area contributed by atoms with Crippen LogP contribution in [-0.2, 0) is 0 Å². The van der Waals surface area contributed by atoms with E-state index in [1.54, 1.807) is 31.4 Å². The summed E-state index contributed by atoms with van der Waals surface area (Å²) in [5.41, 5.74) is 0.526. The number of benzene rings is 1. The number of halogens is 1. The maximum absolute atomic E-state index is 13.4. The first kappa shape index (κ1) is 14.9. The fraction of sp³-hybridized carbons (Fsp3) is 0.200. The van der Waals surface area contributed by atoms with Gasteiger partial charge in [-0.3, -0.25) is 9.78 Å². The number of methoxy groups -OCH3 is 1. The summed E-state index contributed by atoms with van der Waals surface area (Å²) in [4.78, 5) is 15.4. The molecular weight excluding hydrogens is 275 g/mol. The maximum atomic E-state index is 13.4. The van der Waals surface area contributed by atoms with E-state index in [-0.39, 0.29) is 12.1 Å². The van der Waals surface area contributed by atoms with Crippen molar-refractivity contribution in [1.29, 1.82) is 0 Å². The highest BCUT2D eigenvalue weighted by atomic mass is 19.1. The number of pyridine rings is 1. The molecule has 0 bridgehead atoms. The summed E-state index contributed by atoms with van der Waals surface area (Å²) >= 11 is 0. The molecule has 1 aromatic carbocycles. The molecule has 2 aromatic rings. The van der Waals surface area contributed by atoms with Crippen molar-refractivity contribution in [3.8, 4) is 5.75 Å². The first-order chi connectivity index (χ1) is 10.1. The van der Waals surface area contributed by atoms with Crippen molar-refractivity contribution >= 4 is 5.91 Å². The van der Waals surface area contributed by atoms with Crippen LogP contribution in [0, 0.1) is 5.82 Å². The van der Waals surface area contributed by atoms with Crippen LogP contribution in [0.1, 0.15) is 22.0 Å². The topological polar surface area (TPSA) is 71.5 Å². The minimum atomic E-state index is -0.884. The Balaban J connectivity index is 1.95. The molecular formula is C15H15FN2O3. The lowest BCUT2D eigenvalue weighted by atomic mass is 10.1. The molecule has 2 rings (SSSR count). The second-order valence-electron chi connectivity index (χ2n) is 4.35. The van der Waals surface area contributed by atoms with Crippen molar-refractivity contribution in [2.24, 2.45) is 0 Å². The number of hydrogen-bond acceptors (Lipinski definition) is 4. The van der Waals surface area contributed by atoms with E-state index in [4.69, 9.17) is 4.74 Å². The Morgan fingerprint density at radius 3 is 2.71 bits per heavy atom. The molecule has 1 atom stereocenters. The molecule has 1 amide bonds. The van der Waals surface area contributed by atoms with E-state index in [0.717, 1.165) is 6.20 Å². The van der Waals surface area contributed by atoms with E-state index < -0.39 is 17.8 Å². The van der Waals surface area contributed by atoms with Crippen molar-refractivity contribution in [3.05, 3.63) is 59.7 Å². The summed E-state index contributed by atoms with van der Waals surface area (Å²) in [6.07, 6.45) is 1.41. The van der Waals surface area contributed by atoms with Gasteiger partial charge in [0.05, 0.1) is 25.0 Å². The Labute approximate surface area is 121 Å². The first-order valence-corrected chi connectivity index (χ1v) is 6.31. The number of aliphatic hydroxyl groups is 1. The van der Waals surface area contributed by atoms with E-state index in [9.17, 15) is 14.3 Å². The molecule has 110 valence electrons. The number of ether oxygens (including phenoxy) is 1. The van der Waals surface area contributed by atoms with Crippen molar-refractivity contribution in [1.82, 2.24) is 10.3 Å². The van der Waals surface area contributed by atoms with E-state index in [2.05, 4.69) is 10.3 Å². The van der Waals surface area contributed by atoms with Gasteiger partial charge in [-0.1, -0.05) is 12.1 Å². The molecule has 0 aliphatic carbocycles. The Kier molecular flexibility index (Phi) is 4.84. The minimum Gasteiger partial charge on any atom is -0.497 e. The third kappa shape index (κ3) is 3.76. The Morgan fingerprint density at radius 2 is 2.10 bits per heavy atom. The molecule has 0 fully saturated rings. The van der Waals surface area contributed by atoms with Crippen LogP contribution in [0.25, 0.3) is 0 Å². The second kappa shape index (κ2) is 6.81. The zero-order valence-electron chi connectivity index (χ0n) is 11.4. The van der Waals surface area contributed by atoms with Gasteiger partial charge in [-0.05, 0) is 23.8 Å². The highest BCUT2D eigenvalue weighted by Gasteiger charge is 2.14. The number of amides is 1. The van der Waals surface area contributed by atoms with Gasteiger partial charge in [-0.15, -0.1) is 0 Å². The van der Waals surface area contributed by atoms with Gasteiger partial charge < -0.3 is 15.2 Å². The third-order valence-electron chi connectivity index (χ3n) is 2.97. The van der Waals surface area contributed by atoms with E-state index >= 15 is 0 Å². The SMILES string of the molecule is COc1ccc(C(O)CNC(=O)c2ccncc2F)cc1. The third-order valence-corrected chi connectivity index (χ3v) is 2.97. The Hall–Kier alpha value is -2.47. The van der Waals surface area contributed by atoms with Crippen LogP contribution in [0.2, 0.25) is 0 Å². The van der Waals surface area contributed by atoms with Crippen LogP contribution in [0.4, 0.5) is 4.39 Å². The molecule has 0 aliphatic rings. The highest BCUT2D eigenvalue weighted by Crippen LogP contribution is 2.17. The monoisotopic (exact) mass is 290 g/mol. The summed E-state index contributed by atoms with van der Waals surface area (Å²) in [6.45, 7) is -0.0209. The number of carbonyl (C=O) groups excluding carboxylic acids is 1. The van der Waals surface area contributed by atoms with Crippen LogP contribution in [0.3, 0.4) is 0 Å². The van der Waals surface area contributed by atoms with E-state index in [0.29, 0.717) is 11.3 Å². The van der Waals surface area contributed by atoms with Crippen molar-refractivity contribution in [2.75, 3.05) is 13.7 Å². The van der Waals surface area contributed by atoms with Crippen LogP contribution >= 0.6 is 0 Å². The molecule has 6 heteroatoms. The quantitative estimate of drug-likeness (QED) is 0.879. The molecule has 1 aromatic heterocycles. The maximum Gasteiger partial charge on any atom is 0.254 e. The van der Waals surface area contributed by atoms with Gasteiger partial charge >= 0.3 is 0 Å². The van der Waals surface area contributed by atoms with Gasteiger partial charge in [0.1, 0.15) is 5.75 Å². The van der Waals surface area contributed by atoms with Crippen LogP contribution in [0.5, 0.6) is 5.75 Å². The number of hydrogen-bond donors (Lipinski definition) is 2. The first-order valence-electron chi connectivity index (χ1n) is 6.31. The van der Waals surface area contributed by atoms with Crippen LogP contribution < -0.4 is 10.1 Å². The number of rotatable bonds is 5. The number of aliphatic hydroxyl groups excluding tert-OH is 1. The smallest absolute Gasteiger partial charge is 0.254 e. The van der Waals surface area contributed by atoms with Gasteiger partial charge in [0.2, 0.25) is 0 Å². The standard InChI is InChI=1S/C15H15FN2O3/c1-21-11-4-2-10(3-5-11)14(19)9-18-15(20)12-6-7-17-8-13(12)16/h2-8,14,19H,9H2,1H3,(H,18,20). The lowest BCUT2D eigenvalue weighted by Gasteiger charge is -2.13. The Bertz CT molecular complexity index is 617. The minimum absolute atomic E-state index is 0.0209. The van der Waals surface area contributed by atoms with Crippen molar-refractivity contribution < 1.29 is 19.0 Å². The summed E-state index contributed by atoms with van der Waals surface area (Å²) in [7, 11) is 1.55. The highest BCUT2D eigenvalue weighted by molar-refractivity contribution is 5.94. The van der Waals surface area contributed by atoms with Gasteiger partial charge in [0, 0.05) is 12.7 Å². The molecule has 0 saturated carbocycles. The average Bonchev–Trinajstić information content (AvgIpc) is 2.52. The Morgan fingerprint density at radius 1 is 1.38 bits per heavy atom. The summed E-state index contributed by atoms with van der Waals surface area (Å²) < 4.78 is 18.4. The number of nitrogens with zero attached hydrogens (tertiary/aromatic N) is 1. The predicted molar refractivity (Wildman–Crippen MR) is 74.5 cm³/mol. The largest absolute Gasteiger partial charge is 0.497 e. The predicted octanol–water partition coefficient (Wildman–Crippen LogP) is 1.69. The van der Waals surface area contributed by atoms with Crippen molar-refractivity contribution in [3.63, 3.8) is 0 Å². The molecule has 1 unspecified atom stereocenters. The lowest BCUT2D eigenvalue weighted by Crippen LogP contribution is -2.29. The summed E-state index contributed by atoms with van der Waals surface area (Å²) in [5.74, 6) is -0.620. The zero-order chi connectivity index (χ0) is 15.2. The molecule has 1 heterocycles. The summed E-state index contributed by atoms with van der Waals surface area (Å²) in [5, 5.41) is 12.5. The summed E-state index contributed by atoms with van der Waals surface area (Å²) in [6, 6.07) is 8.10.